The molecule has 2 N–H and O–H groups in total. The number of methoxy groups -OCH3 is 1. The van der Waals surface area contributed by atoms with Gasteiger partial charge in [0.15, 0.2) is 11.5 Å². The number of fused-ring (bicyclic) bond motifs is 1. The number of alkyl halides is 2. The van der Waals surface area contributed by atoms with E-state index in [0.717, 1.165) is 26.3 Å². The Balaban J connectivity index is 1.73. The molecular weight excluding hydrogens is 511 g/mol. The Kier molecular flexibility index (Phi) is 7.75. The Hall–Kier alpha value is -3.11. The second kappa shape index (κ2) is 10.5. The van der Waals surface area contributed by atoms with Crippen molar-refractivity contribution in [3.63, 3.8) is 0 Å². The maximum atomic E-state index is 15.4. The molecule has 4 rings (SSSR count). The summed E-state index contributed by atoms with van der Waals surface area (Å²) in [4.78, 5) is 9.05. The van der Waals surface area contributed by atoms with Crippen LogP contribution < -0.4 is 14.8 Å². The topological polar surface area (TPSA) is 85.7 Å². The molecule has 10 heteroatoms. The van der Waals surface area contributed by atoms with E-state index in [1.807, 2.05) is 13.8 Å². The molecule has 1 saturated heterocycles. The SMILES string of the molecule is COc1cc2nc(C)nc(N[C@H](C)c3cccc(C(F)(F)C(C)(C)O)c3F)c2cc1OC(C)(C)C1CCOC1. The van der Waals surface area contributed by atoms with Crippen LogP contribution >= 0.6 is 0 Å². The maximum Gasteiger partial charge on any atom is 0.303 e. The van der Waals surface area contributed by atoms with Crippen molar-refractivity contribution in [2.24, 2.45) is 5.92 Å². The Morgan fingerprint density at radius 1 is 1.13 bits per heavy atom. The highest BCUT2D eigenvalue weighted by Crippen LogP contribution is 2.42. The van der Waals surface area contributed by atoms with E-state index >= 15 is 4.39 Å². The number of hydrogen-bond donors (Lipinski definition) is 2. The van der Waals surface area contributed by atoms with E-state index in [2.05, 4.69) is 15.3 Å². The molecule has 1 fully saturated rings. The van der Waals surface area contributed by atoms with Gasteiger partial charge in [-0.25, -0.2) is 14.4 Å². The van der Waals surface area contributed by atoms with Gasteiger partial charge >= 0.3 is 5.92 Å². The van der Waals surface area contributed by atoms with Gasteiger partial charge < -0.3 is 24.6 Å². The first-order valence-electron chi connectivity index (χ1n) is 12.9. The minimum absolute atomic E-state index is 0.00759. The van der Waals surface area contributed by atoms with E-state index in [4.69, 9.17) is 14.2 Å². The molecule has 0 spiro atoms. The number of hydrogen-bond acceptors (Lipinski definition) is 7. The lowest BCUT2D eigenvalue weighted by atomic mass is 9.90. The lowest BCUT2D eigenvalue weighted by Crippen LogP contribution is -2.41. The number of rotatable bonds is 9. The summed E-state index contributed by atoms with van der Waals surface area (Å²) < 4.78 is 62.7. The van der Waals surface area contributed by atoms with E-state index in [-0.39, 0.29) is 11.5 Å². The van der Waals surface area contributed by atoms with Crippen LogP contribution in [-0.4, -0.2) is 46.6 Å². The average molecular weight is 548 g/mol. The smallest absolute Gasteiger partial charge is 0.303 e. The standard InChI is InChI=1S/C29H36F3N3O4/c1-16(19-9-8-10-21(25(19)30)29(31,32)28(5,6)36)33-26-20-13-24(39-27(3,4)18-11-12-38-15-18)23(37-7)14-22(20)34-17(2)35-26/h8-10,13-14,16,18,36H,11-12,15H2,1-7H3,(H,33,34,35)/t16-,18?/m1/s1. The predicted molar refractivity (Wildman–Crippen MR) is 143 cm³/mol. The van der Waals surface area contributed by atoms with Crippen molar-refractivity contribution >= 4 is 16.7 Å². The van der Waals surface area contributed by atoms with Crippen LogP contribution in [0.1, 0.15) is 64.0 Å². The number of halogens is 3. The molecule has 2 atom stereocenters. The fraction of sp³-hybridized carbons (Fsp3) is 0.517. The fourth-order valence-electron chi connectivity index (χ4n) is 4.79. The van der Waals surface area contributed by atoms with Gasteiger partial charge in [-0.2, -0.15) is 8.78 Å². The molecule has 0 bridgehead atoms. The highest BCUT2D eigenvalue weighted by atomic mass is 19.3. The van der Waals surface area contributed by atoms with Crippen molar-refractivity contribution in [2.75, 3.05) is 25.6 Å². The zero-order chi connectivity index (χ0) is 28.8. The molecule has 1 aromatic heterocycles. The van der Waals surface area contributed by atoms with E-state index in [1.165, 1.54) is 12.1 Å². The average Bonchev–Trinajstić information content (AvgIpc) is 3.39. The molecule has 7 nitrogen and oxygen atoms in total. The van der Waals surface area contributed by atoms with Crippen LogP contribution in [0.15, 0.2) is 30.3 Å². The number of aryl methyl sites for hydroxylation is 1. The zero-order valence-corrected chi connectivity index (χ0v) is 23.4. The van der Waals surface area contributed by atoms with Gasteiger partial charge in [0.25, 0.3) is 0 Å². The number of nitrogens with one attached hydrogen (secondary N) is 1. The highest BCUT2D eigenvalue weighted by Gasteiger charge is 2.49. The first kappa shape index (κ1) is 28.9. The Morgan fingerprint density at radius 3 is 2.46 bits per heavy atom. The summed E-state index contributed by atoms with van der Waals surface area (Å²) >= 11 is 0. The molecule has 3 aromatic rings. The van der Waals surface area contributed by atoms with E-state index in [9.17, 15) is 13.9 Å². The van der Waals surface area contributed by atoms with Gasteiger partial charge in [0, 0.05) is 29.5 Å². The van der Waals surface area contributed by atoms with Crippen LogP contribution in [0, 0.1) is 18.7 Å². The molecule has 2 heterocycles. The predicted octanol–water partition coefficient (Wildman–Crippen LogP) is 6.32. The number of ether oxygens (including phenoxy) is 3. The minimum Gasteiger partial charge on any atom is -0.493 e. The molecule has 1 aliphatic heterocycles. The zero-order valence-electron chi connectivity index (χ0n) is 23.4. The van der Waals surface area contributed by atoms with Gasteiger partial charge in [-0.15, -0.1) is 0 Å². The Labute approximate surface area is 226 Å². The monoisotopic (exact) mass is 547 g/mol. The van der Waals surface area contributed by atoms with Gasteiger partial charge in [-0.1, -0.05) is 12.1 Å². The van der Waals surface area contributed by atoms with E-state index < -0.39 is 34.5 Å². The van der Waals surface area contributed by atoms with Crippen molar-refractivity contribution in [2.45, 2.75) is 71.1 Å². The van der Waals surface area contributed by atoms with Gasteiger partial charge in [-0.05, 0) is 60.1 Å². The third-order valence-electron chi connectivity index (χ3n) is 7.33. The highest BCUT2D eigenvalue weighted by molar-refractivity contribution is 5.92. The quantitative estimate of drug-likeness (QED) is 0.324. The Morgan fingerprint density at radius 2 is 1.85 bits per heavy atom. The molecular formula is C29H36F3N3O4. The number of benzene rings is 2. The van der Waals surface area contributed by atoms with Crippen LogP contribution in [0.2, 0.25) is 0 Å². The normalized spacial score (nSPS) is 17.4. The number of anilines is 1. The van der Waals surface area contributed by atoms with Crippen molar-refractivity contribution < 1.29 is 32.5 Å². The molecule has 39 heavy (non-hydrogen) atoms. The van der Waals surface area contributed by atoms with Crippen molar-refractivity contribution in [1.82, 2.24) is 9.97 Å². The largest absolute Gasteiger partial charge is 0.493 e. The summed E-state index contributed by atoms with van der Waals surface area (Å²) in [5.41, 5.74) is -3.28. The molecule has 0 saturated carbocycles. The van der Waals surface area contributed by atoms with Crippen LogP contribution in [0.4, 0.5) is 19.0 Å². The molecule has 1 aliphatic rings. The minimum atomic E-state index is -3.80. The van der Waals surface area contributed by atoms with Gasteiger partial charge in [0.05, 0.1) is 30.8 Å². The second-order valence-electron chi connectivity index (χ2n) is 11.1. The summed E-state index contributed by atoms with van der Waals surface area (Å²) in [5.74, 6) is -2.86. The van der Waals surface area contributed by atoms with E-state index in [1.54, 1.807) is 33.1 Å². The molecule has 212 valence electrons. The van der Waals surface area contributed by atoms with Crippen LogP contribution in [-0.2, 0) is 10.7 Å². The summed E-state index contributed by atoms with van der Waals surface area (Å²) in [5, 5.41) is 13.7. The second-order valence-corrected chi connectivity index (χ2v) is 11.1. The maximum absolute atomic E-state index is 15.4. The summed E-state index contributed by atoms with van der Waals surface area (Å²) in [6.45, 7) is 10.6. The van der Waals surface area contributed by atoms with E-state index in [0.29, 0.717) is 47.3 Å². The number of aliphatic hydroxyl groups is 1. The summed E-state index contributed by atoms with van der Waals surface area (Å²) in [6.07, 6.45) is 0.882. The van der Waals surface area contributed by atoms with Crippen LogP contribution in [0.3, 0.4) is 0 Å². The molecule has 0 radical (unpaired) electrons. The Bertz CT molecular complexity index is 1350. The first-order chi connectivity index (χ1) is 18.2. The number of nitrogens with zero attached hydrogens (tertiary/aromatic N) is 2. The third kappa shape index (κ3) is 5.63. The lowest BCUT2D eigenvalue weighted by molar-refractivity contribution is -0.170. The van der Waals surface area contributed by atoms with Crippen molar-refractivity contribution in [1.29, 1.82) is 0 Å². The summed E-state index contributed by atoms with van der Waals surface area (Å²) in [7, 11) is 1.55. The van der Waals surface area contributed by atoms with Crippen LogP contribution in [0.5, 0.6) is 11.5 Å². The molecule has 2 aromatic carbocycles. The summed E-state index contributed by atoms with van der Waals surface area (Å²) in [6, 6.07) is 6.54. The van der Waals surface area contributed by atoms with Gasteiger partial charge in [-0.3, -0.25) is 0 Å². The number of aromatic nitrogens is 2. The van der Waals surface area contributed by atoms with Gasteiger partial charge in [0.2, 0.25) is 0 Å². The first-order valence-corrected chi connectivity index (χ1v) is 12.9. The third-order valence-corrected chi connectivity index (χ3v) is 7.33. The van der Waals surface area contributed by atoms with Crippen molar-refractivity contribution in [3.05, 3.63) is 53.1 Å². The van der Waals surface area contributed by atoms with Gasteiger partial charge in [0.1, 0.15) is 28.7 Å². The fourth-order valence-corrected chi connectivity index (χ4v) is 4.79. The lowest BCUT2D eigenvalue weighted by Gasteiger charge is -2.32. The molecule has 0 aliphatic carbocycles. The van der Waals surface area contributed by atoms with Crippen molar-refractivity contribution in [3.8, 4) is 11.5 Å². The molecule has 0 amide bonds. The molecule has 1 unspecified atom stereocenters. The van der Waals surface area contributed by atoms with Crippen LogP contribution in [0.25, 0.3) is 10.9 Å².